The minimum Gasteiger partial charge on any atom is -0.447 e. The zero-order valence-corrected chi connectivity index (χ0v) is 16.7. The van der Waals surface area contributed by atoms with Crippen LogP contribution in [0.5, 0.6) is 0 Å². The first-order chi connectivity index (χ1) is 14.4. The number of aromatic nitrogens is 3. The maximum Gasteiger partial charge on any atom is 0.414 e. The largest absolute Gasteiger partial charge is 0.447 e. The van der Waals surface area contributed by atoms with Gasteiger partial charge in [0.25, 0.3) is 0 Å². The number of nitrogens with zero attached hydrogens (tertiary/aromatic N) is 3. The Labute approximate surface area is 171 Å². The summed E-state index contributed by atoms with van der Waals surface area (Å²) < 4.78 is 28.8. The first-order valence-electron chi connectivity index (χ1n) is 9.18. The lowest BCUT2D eigenvalue weighted by molar-refractivity contribution is 0.181. The number of cyclic esters (lactones) is 1. The molecule has 0 radical (unpaired) electrons. The normalized spacial score (nSPS) is 14.4. The van der Waals surface area contributed by atoms with Crippen LogP contribution >= 0.6 is 0 Å². The fourth-order valence-corrected chi connectivity index (χ4v) is 4.13. The topological polar surface area (TPSA) is 117 Å². The number of pyridine rings is 1. The van der Waals surface area contributed by atoms with E-state index in [2.05, 4.69) is 20.5 Å². The van der Waals surface area contributed by atoms with Crippen LogP contribution < -0.4 is 10.2 Å². The molecule has 4 aromatic rings. The van der Waals surface area contributed by atoms with Gasteiger partial charge in [-0.3, -0.25) is 10.00 Å². The summed E-state index contributed by atoms with van der Waals surface area (Å²) in [5, 5.41) is 11.8. The summed E-state index contributed by atoms with van der Waals surface area (Å²) in [6.45, 7) is 0.917. The number of carbonyl (C=O) groups excluding carboxylic acids is 1. The van der Waals surface area contributed by atoms with Gasteiger partial charge in [-0.15, -0.1) is 0 Å². The van der Waals surface area contributed by atoms with Crippen LogP contribution in [-0.2, 0) is 14.6 Å². The average Bonchev–Trinajstić information content (AvgIpc) is 3.37. The highest BCUT2D eigenvalue weighted by Gasteiger charge is 2.23. The number of rotatable bonds is 4. The van der Waals surface area contributed by atoms with Gasteiger partial charge < -0.3 is 10.1 Å². The fourth-order valence-electron chi connectivity index (χ4n) is 3.49. The zero-order chi connectivity index (χ0) is 20.9. The van der Waals surface area contributed by atoms with Crippen molar-refractivity contribution in [3.63, 3.8) is 0 Å². The van der Waals surface area contributed by atoms with Crippen LogP contribution in [0.1, 0.15) is 0 Å². The second-order valence-corrected chi connectivity index (χ2v) is 9.02. The van der Waals surface area contributed by atoms with Crippen LogP contribution in [0.4, 0.5) is 22.0 Å². The smallest absolute Gasteiger partial charge is 0.414 e. The fraction of sp³-hybridized carbons (Fsp3) is 0.150. The molecule has 0 unspecified atom stereocenters. The summed E-state index contributed by atoms with van der Waals surface area (Å²) in [4.78, 5) is 18.2. The summed E-state index contributed by atoms with van der Waals surface area (Å²) >= 11 is 0. The Hall–Kier alpha value is -3.66. The summed E-state index contributed by atoms with van der Waals surface area (Å²) in [5.41, 5.74) is 2.85. The summed E-state index contributed by atoms with van der Waals surface area (Å²) in [6.07, 6.45) is 2.48. The number of hydrogen-bond donors (Lipinski definition) is 2. The third kappa shape index (κ3) is 3.11. The second kappa shape index (κ2) is 6.70. The maximum absolute atomic E-state index is 11.9. The Kier molecular flexibility index (Phi) is 4.10. The minimum absolute atomic E-state index is 0.232. The standard InChI is InChI=1S/C20H17N5O4S/c1-30(27,28)14-6-7-17-15(10-14)16-11-21-24-18(16)19(23-17)22-12-2-4-13(5-3-12)25-8-9-29-20(25)26/h2-7,10-11H,8-9H2,1H3,(H,21,24)(H,22,23). The van der Waals surface area contributed by atoms with Crippen molar-refractivity contribution in [1.82, 2.24) is 15.2 Å². The van der Waals surface area contributed by atoms with Gasteiger partial charge in [-0.1, -0.05) is 0 Å². The number of sulfone groups is 1. The van der Waals surface area contributed by atoms with Crippen LogP contribution in [0.3, 0.4) is 0 Å². The van der Waals surface area contributed by atoms with Crippen molar-refractivity contribution in [3.8, 4) is 0 Å². The molecule has 2 N–H and O–H groups in total. The van der Waals surface area contributed by atoms with Crippen molar-refractivity contribution >= 4 is 54.9 Å². The van der Waals surface area contributed by atoms with Crippen LogP contribution in [0.15, 0.2) is 53.6 Å². The molecule has 30 heavy (non-hydrogen) atoms. The van der Waals surface area contributed by atoms with Gasteiger partial charge in [0.15, 0.2) is 15.7 Å². The van der Waals surface area contributed by atoms with Crippen LogP contribution in [0.25, 0.3) is 21.8 Å². The van der Waals surface area contributed by atoms with Crippen molar-refractivity contribution in [3.05, 3.63) is 48.7 Å². The highest BCUT2D eigenvalue weighted by atomic mass is 32.2. The van der Waals surface area contributed by atoms with Gasteiger partial charge in [0.2, 0.25) is 0 Å². The number of H-pyrrole nitrogens is 1. The van der Waals surface area contributed by atoms with Gasteiger partial charge in [-0.2, -0.15) is 5.10 Å². The molecule has 2 aromatic carbocycles. The molecule has 0 saturated carbocycles. The number of anilines is 3. The molecule has 0 spiro atoms. The second-order valence-electron chi connectivity index (χ2n) is 7.01. The monoisotopic (exact) mass is 423 g/mol. The van der Waals surface area contributed by atoms with Gasteiger partial charge >= 0.3 is 6.09 Å². The number of fused-ring (bicyclic) bond motifs is 3. The maximum atomic E-state index is 11.9. The van der Waals surface area contributed by atoms with Gasteiger partial charge in [0.1, 0.15) is 12.1 Å². The molecule has 10 heteroatoms. The van der Waals surface area contributed by atoms with Gasteiger partial charge in [-0.05, 0) is 42.5 Å². The third-order valence-corrected chi connectivity index (χ3v) is 6.11. The lowest BCUT2D eigenvalue weighted by Gasteiger charge is -2.14. The van der Waals surface area contributed by atoms with Crippen molar-refractivity contribution in [2.75, 3.05) is 29.6 Å². The Morgan fingerprint density at radius 3 is 2.63 bits per heavy atom. The Bertz CT molecular complexity index is 1400. The van der Waals surface area contributed by atoms with E-state index in [4.69, 9.17) is 4.74 Å². The van der Waals surface area contributed by atoms with E-state index in [9.17, 15) is 13.2 Å². The molecule has 0 atom stereocenters. The molecule has 2 aromatic heterocycles. The summed E-state index contributed by atoms with van der Waals surface area (Å²) in [6, 6.07) is 12.2. The van der Waals surface area contributed by atoms with E-state index in [1.807, 2.05) is 24.3 Å². The first-order valence-corrected chi connectivity index (χ1v) is 11.1. The Morgan fingerprint density at radius 1 is 1.13 bits per heavy atom. The quantitative estimate of drug-likeness (QED) is 0.517. The number of ether oxygens (including phenoxy) is 1. The molecule has 0 bridgehead atoms. The molecule has 1 aliphatic rings. The van der Waals surface area contributed by atoms with Crippen LogP contribution in [0, 0.1) is 0 Å². The third-order valence-electron chi connectivity index (χ3n) is 5.00. The number of aromatic amines is 1. The molecule has 1 fully saturated rings. The van der Waals surface area contributed by atoms with E-state index in [1.54, 1.807) is 29.3 Å². The SMILES string of the molecule is CS(=O)(=O)c1ccc2nc(Nc3ccc(N4CCOC4=O)cc3)c3[nH]ncc3c2c1. The van der Waals surface area contributed by atoms with Gasteiger partial charge in [0, 0.05) is 28.4 Å². The molecular formula is C20H17N5O4S. The van der Waals surface area contributed by atoms with Crippen molar-refractivity contribution in [2.24, 2.45) is 0 Å². The Morgan fingerprint density at radius 2 is 1.93 bits per heavy atom. The molecule has 9 nitrogen and oxygen atoms in total. The Balaban J connectivity index is 1.53. The lowest BCUT2D eigenvalue weighted by Crippen LogP contribution is -2.23. The molecule has 152 valence electrons. The van der Waals surface area contributed by atoms with Crippen LogP contribution in [-0.4, -0.2) is 49.1 Å². The average molecular weight is 423 g/mol. The number of hydrogen-bond acceptors (Lipinski definition) is 7. The van der Waals surface area contributed by atoms with Gasteiger partial charge in [-0.25, -0.2) is 18.2 Å². The molecule has 0 aliphatic carbocycles. The first kappa shape index (κ1) is 18.4. The van der Waals surface area contributed by atoms with Crippen LogP contribution in [0.2, 0.25) is 0 Å². The van der Waals surface area contributed by atoms with Gasteiger partial charge in [0.05, 0.1) is 23.2 Å². The molecule has 3 heterocycles. The molecule has 5 rings (SSSR count). The predicted molar refractivity (Wildman–Crippen MR) is 113 cm³/mol. The number of benzene rings is 2. The number of carbonyl (C=O) groups is 1. The molecule has 1 amide bonds. The minimum atomic E-state index is -3.33. The van der Waals surface area contributed by atoms with E-state index >= 15 is 0 Å². The number of nitrogens with one attached hydrogen (secondary N) is 2. The zero-order valence-electron chi connectivity index (χ0n) is 15.9. The molecule has 1 aliphatic heterocycles. The lowest BCUT2D eigenvalue weighted by atomic mass is 10.1. The van der Waals surface area contributed by atoms with E-state index in [0.29, 0.717) is 35.4 Å². The van der Waals surface area contributed by atoms with E-state index < -0.39 is 9.84 Å². The predicted octanol–water partition coefficient (Wildman–Crippen LogP) is 3.21. The van der Waals surface area contributed by atoms with Crippen molar-refractivity contribution < 1.29 is 17.9 Å². The number of amides is 1. The van der Waals surface area contributed by atoms with Crippen molar-refractivity contribution in [2.45, 2.75) is 4.90 Å². The molecular weight excluding hydrogens is 406 g/mol. The summed E-state index contributed by atoms with van der Waals surface area (Å²) in [5.74, 6) is 0.565. The van der Waals surface area contributed by atoms with E-state index in [0.717, 1.165) is 16.8 Å². The van der Waals surface area contributed by atoms with E-state index in [-0.39, 0.29) is 11.0 Å². The van der Waals surface area contributed by atoms with E-state index in [1.165, 1.54) is 6.26 Å². The summed E-state index contributed by atoms with van der Waals surface area (Å²) in [7, 11) is -3.33. The highest BCUT2D eigenvalue weighted by Crippen LogP contribution is 2.31. The molecule has 1 saturated heterocycles. The van der Waals surface area contributed by atoms with Crippen molar-refractivity contribution in [1.29, 1.82) is 0 Å². The highest BCUT2D eigenvalue weighted by molar-refractivity contribution is 7.90.